The number of nitrogens with one attached hydrogen (secondary N) is 4. The van der Waals surface area contributed by atoms with Crippen LogP contribution >= 0.6 is 0 Å². The Morgan fingerprint density at radius 2 is 1.61 bits per heavy atom. The van der Waals surface area contributed by atoms with Crippen LogP contribution in [0.2, 0.25) is 0 Å². The molecule has 2 atom stereocenters. The third kappa shape index (κ3) is 7.65. The average Bonchev–Trinajstić information content (AvgIpc) is 3.42. The van der Waals surface area contributed by atoms with E-state index in [2.05, 4.69) is 20.9 Å². The number of ether oxygens (including phenoxy) is 3. The number of H-pyrrole nitrogens is 1. The fraction of sp³-hybridized carbons (Fsp3) is 0.250. The highest BCUT2D eigenvalue weighted by Gasteiger charge is 2.38. The minimum Gasteiger partial charge on any atom is -0.493 e. The topological polar surface area (TPSA) is 168 Å². The molecule has 3 aromatic carbocycles. The number of hydrogen-bond donors (Lipinski definition) is 5. The maximum atomic E-state index is 13.9. The van der Waals surface area contributed by atoms with E-state index >= 15 is 0 Å². The summed E-state index contributed by atoms with van der Waals surface area (Å²) in [5.41, 5.74) is 0.729. The lowest BCUT2D eigenvalue weighted by Gasteiger charge is -2.31. The summed E-state index contributed by atoms with van der Waals surface area (Å²) in [5.74, 6) is -2.03. The van der Waals surface area contributed by atoms with Gasteiger partial charge in [-0.05, 0) is 36.2 Å². The fourth-order valence-electron chi connectivity index (χ4n) is 4.83. The van der Waals surface area contributed by atoms with Crippen LogP contribution in [-0.4, -0.2) is 66.3 Å². The number of aliphatic carboxylic acids is 1. The number of benzene rings is 3. The average molecular weight is 603 g/mol. The van der Waals surface area contributed by atoms with Crippen molar-refractivity contribution in [2.45, 2.75) is 31.3 Å². The van der Waals surface area contributed by atoms with Crippen LogP contribution in [-0.2, 0) is 27.2 Å². The maximum absolute atomic E-state index is 13.9. The summed E-state index contributed by atoms with van der Waals surface area (Å²) in [6.07, 6.45) is 0.886. The molecule has 5 N–H and O–H groups in total. The van der Waals surface area contributed by atoms with Crippen LogP contribution in [0.3, 0.4) is 0 Å². The van der Waals surface area contributed by atoms with Crippen molar-refractivity contribution in [3.63, 3.8) is 0 Å². The van der Waals surface area contributed by atoms with E-state index in [-0.39, 0.29) is 24.3 Å². The van der Waals surface area contributed by atoms with E-state index in [9.17, 15) is 19.2 Å². The Morgan fingerprint density at radius 3 is 2.32 bits per heavy atom. The number of para-hydroxylation sites is 2. The molecule has 44 heavy (non-hydrogen) atoms. The summed E-state index contributed by atoms with van der Waals surface area (Å²) < 4.78 is 16.1. The van der Waals surface area contributed by atoms with Gasteiger partial charge in [0.15, 0.2) is 11.5 Å². The minimum atomic E-state index is -1.58. The molecule has 1 aromatic heterocycles. The number of carbonyl (C=O) groups excluding carboxylic acids is 3. The number of rotatable bonds is 13. The Morgan fingerprint density at radius 1 is 0.909 bits per heavy atom. The first-order valence-corrected chi connectivity index (χ1v) is 13.7. The first kappa shape index (κ1) is 31.4. The van der Waals surface area contributed by atoms with Crippen molar-refractivity contribution in [3.05, 3.63) is 90.1 Å². The molecule has 0 saturated heterocycles. The van der Waals surface area contributed by atoms with E-state index in [4.69, 9.17) is 19.3 Å². The fourth-order valence-corrected chi connectivity index (χ4v) is 4.83. The van der Waals surface area contributed by atoms with Crippen LogP contribution in [0.4, 0.5) is 4.79 Å². The molecule has 4 rings (SSSR count). The molecule has 1 heterocycles. The number of carbonyl (C=O) groups is 4. The molecule has 0 spiro atoms. The normalized spacial score (nSPS) is 12.8. The van der Waals surface area contributed by atoms with E-state index in [1.54, 1.807) is 42.6 Å². The van der Waals surface area contributed by atoms with E-state index in [1.807, 2.05) is 30.3 Å². The van der Waals surface area contributed by atoms with Gasteiger partial charge in [0.25, 0.3) is 0 Å². The van der Waals surface area contributed by atoms with Crippen LogP contribution in [0.5, 0.6) is 17.2 Å². The zero-order valence-electron chi connectivity index (χ0n) is 24.5. The van der Waals surface area contributed by atoms with Gasteiger partial charge in [-0.2, -0.15) is 0 Å². The van der Waals surface area contributed by atoms with E-state index in [0.29, 0.717) is 5.75 Å². The SMILES string of the molecule is COc1cccc(OC(=O)N[C@@H](Cc2c[nH]c3ccccc23)C(=O)N[C@@](C)(Cc2ccccc2)C(=O)NCC(=O)O)c1OC. The van der Waals surface area contributed by atoms with Crippen molar-refractivity contribution < 1.29 is 38.5 Å². The predicted octanol–water partition coefficient (Wildman–Crippen LogP) is 3.20. The van der Waals surface area contributed by atoms with Crippen molar-refractivity contribution in [1.29, 1.82) is 0 Å². The summed E-state index contributed by atoms with van der Waals surface area (Å²) >= 11 is 0. The van der Waals surface area contributed by atoms with Gasteiger partial charge in [-0.15, -0.1) is 0 Å². The lowest BCUT2D eigenvalue weighted by molar-refractivity contribution is -0.139. The molecular formula is C32H34N4O8. The summed E-state index contributed by atoms with van der Waals surface area (Å²) in [7, 11) is 2.85. The van der Waals surface area contributed by atoms with Crippen LogP contribution in [0.1, 0.15) is 18.1 Å². The number of carboxylic acids is 1. The Hall–Kier alpha value is -5.52. The molecular weight excluding hydrogens is 568 g/mol. The van der Waals surface area contributed by atoms with Crippen LogP contribution < -0.4 is 30.2 Å². The second-order valence-electron chi connectivity index (χ2n) is 10.2. The highest BCUT2D eigenvalue weighted by Crippen LogP contribution is 2.36. The molecule has 12 nitrogen and oxygen atoms in total. The van der Waals surface area contributed by atoms with Gasteiger partial charge in [0.05, 0.1) is 14.2 Å². The zero-order chi connectivity index (χ0) is 31.7. The second kappa shape index (κ2) is 14.1. The minimum absolute atomic E-state index is 0.0400. The van der Waals surface area contributed by atoms with Gasteiger partial charge >= 0.3 is 12.1 Å². The van der Waals surface area contributed by atoms with E-state index in [1.165, 1.54) is 27.2 Å². The van der Waals surface area contributed by atoms with Gasteiger partial charge in [-0.25, -0.2) is 4.79 Å². The Labute approximate surface area is 253 Å². The van der Waals surface area contributed by atoms with Crippen molar-refractivity contribution in [2.75, 3.05) is 20.8 Å². The van der Waals surface area contributed by atoms with Crippen molar-refractivity contribution in [3.8, 4) is 17.2 Å². The van der Waals surface area contributed by atoms with Crippen molar-refractivity contribution >= 4 is 34.8 Å². The van der Waals surface area contributed by atoms with Gasteiger partial charge in [0, 0.05) is 29.9 Å². The number of hydrogen-bond acceptors (Lipinski definition) is 7. The van der Waals surface area contributed by atoms with Crippen LogP contribution in [0.25, 0.3) is 10.9 Å². The molecule has 0 bridgehead atoms. The molecule has 0 saturated carbocycles. The Balaban J connectivity index is 1.63. The van der Waals surface area contributed by atoms with Crippen molar-refractivity contribution in [1.82, 2.24) is 20.9 Å². The van der Waals surface area contributed by atoms with Crippen LogP contribution in [0, 0.1) is 0 Å². The molecule has 230 valence electrons. The first-order chi connectivity index (χ1) is 21.1. The third-order valence-electron chi connectivity index (χ3n) is 6.98. The number of aromatic amines is 1. The third-order valence-corrected chi connectivity index (χ3v) is 6.98. The summed E-state index contributed by atoms with van der Waals surface area (Å²) in [6, 6.07) is 20.0. The largest absolute Gasteiger partial charge is 0.493 e. The predicted molar refractivity (Wildman–Crippen MR) is 162 cm³/mol. The zero-order valence-corrected chi connectivity index (χ0v) is 24.5. The van der Waals surface area contributed by atoms with Gasteiger partial charge < -0.3 is 40.3 Å². The van der Waals surface area contributed by atoms with Crippen LogP contribution in [0.15, 0.2) is 79.0 Å². The molecule has 0 unspecified atom stereocenters. The Bertz CT molecular complexity index is 1640. The van der Waals surface area contributed by atoms with Crippen molar-refractivity contribution in [2.24, 2.45) is 0 Å². The lowest BCUT2D eigenvalue weighted by atomic mass is 9.90. The lowest BCUT2D eigenvalue weighted by Crippen LogP contribution is -2.62. The van der Waals surface area contributed by atoms with Gasteiger partial charge in [0.2, 0.25) is 17.6 Å². The molecule has 0 aliphatic carbocycles. The first-order valence-electron chi connectivity index (χ1n) is 13.7. The molecule has 0 radical (unpaired) electrons. The van der Waals surface area contributed by atoms with Gasteiger partial charge in [-0.3, -0.25) is 14.4 Å². The highest BCUT2D eigenvalue weighted by molar-refractivity contribution is 5.95. The van der Waals surface area contributed by atoms with E-state index in [0.717, 1.165) is 22.0 Å². The summed E-state index contributed by atoms with van der Waals surface area (Å²) in [4.78, 5) is 54.7. The number of fused-ring (bicyclic) bond motifs is 1. The molecule has 0 aliphatic heterocycles. The smallest absolute Gasteiger partial charge is 0.413 e. The highest BCUT2D eigenvalue weighted by atomic mass is 16.6. The monoisotopic (exact) mass is 602 g/mol. The Kier molecular flexibility index (Phi) is 10.1. The maximum Gasteiger partial charge on any atom is 0.413 e. The molecule has 3 amide bonds. The summed E-state index contributed by atoms with van der Waals surface area (Å²) in [5, 5.41) is 17.7. The summed E-state index contributed by atoms with van der Waals surface area (Å²) in [6.45, 7) is 0.863. The molecule has 0 aliphatic rings. The number of aromatic nitrogens is 1. The molecule has 4 aromatic rings. The second-order valence-corrected chi connectivity index (χ2v) is 10.2. The molecule has 12 heteroatoms. The van der Waals surface area contributed by atoms with E-state index < -0.39 is 42.0 Å². The number of methoxy groups -OCH3 is 2. The standard InChI is InChI=1S/C32H34N4O8/c1-32(30(40)34-19-27(37)38,17-20-10-5-4-6-11-20)36-29(39)24(16-21-18-33-23-13-8-7-12-22(21)23)35-31(41)44-26-15-9-14-25(42-2)28(26)43-3/h4-15,18,24,33H,16-17,19H2,1-3H3,(H,34,40)(H,35,41)(H,36,39)(H,37,38)/t24-,32-/m0/s1. The quantitative estimate of drug-likeness (QED) is 0.155. The van der Waals surface area contributed by atoms with Gasteiger partial charge in [0.1, 0.15) is 18.1 Å². The number of amides is 3. The number of carboxylic acid groups (broad SMARTS) is 1. The molecule has 0 fully saturated rings. The van der Waals surface area contributed by atoms with Gasteiger partial charge in [-0.1, -0.05) is 54.6 Å².